The number of halogens is 2. The fourth-order valence-corrected chi connectivity index (χ4v) is 1.48. The molecule has 1 rings (SSSR count). The summed E-state index contributed by atoms with van der Waals surface area (Å²) in [4.78, 5) is 17.8. The number of anilines is 1. The van der Waals surface area contributed by atoms with E-state index in [1.807, 2.05) is 0 Å². The van der Waals surface area contributed by atoms with Gasteiger partial charge in [0.25, 0.3) is 0 Å². The highest BCUT2D eigenvalue weighted by Gasteiger charge is 2.18. The van der Waals surface area contributed by atoms with Crippen LogP contribution in [0.5, 0.6) is 0 Å². The third-order valence-corrected chi connectivity index (χ3v) is 2.29. The average molecular weight is 251 g/mol. The third-order valence-electron chi connectivity index (χ3n) is 1.66. The predicted octanol–water partition coefficient (Wildman–Crippen LogP) is 0.320. The molecule has 5 N–H and O–H groups in total. The molecular weight excluding hydrogens is 243 g/mol. The molecule has 0 aliphatic rings. The van der Waals surface area contributed by atoms with Crippen molar-refractivity contribution >= 4 is 35.1 Å². The largest absolute Gasteiger partial charge is 0.480 e. The zero-order valence-corrected chi connectivity index (χ0v) is 8.96. The standard InChI is InChI=1S/C7H8Cl2N4O2/c8-4-2(1-3(10)6(14)15)5(9)13-7(11)12-4/h3H,1,10H2,(H,14,15)(H2,11,12,13). The lowest BCUT2D eigenvalue weighted by Crippen LogP contribution is -2.32. The summed E-state index contributed by atoms with van der Waals surface area (Å²) in [5.74, 6) is -1.23. The van der Waals surface area contributed by atoms with Crippen molar-refractivity contribution in [3.05, 3.63) is 15.9 Å². The van der Waals surface area contributed by atoms with E-state index < -0.39 is 12.0 Å². The predicted molar refractivity (Wildman–Crippen MR) is 55.8 cm³/mol. The van der Waals surface area contributed by atoms with Gasteiger partial charge in [-0.25, -0.2) is 9.97 Å². The van der Waals surface area contributed by atoms with Gasteiger partial charge in [0.05, 0.1) is 0 Å². The summed E-state index contributed by atoms with van der Waals surface area (Å²) in [5, 5.41) is 8.64. The van der Waals surface area contributed by atoms with Crippen molar-refractivity contribution < 1.29 is 9.90 Å². The number of carbonyl (C=O) groups is 1. The van der Waals surface area contributed by atoms with E-state index in [-0.39, 0.29) is 28.2 Å². The minimum absolute atomic E-state index is 0.0178. The molecule has 15 heavy (non-hydrogen) atoms. The molecule has 1 aromatic rings. The Kier molecular flexibility index (Phi) is 3.67. The van der Waals surface area contributed by atoms with E-state index in [1.54, 1.807) is 0 Å². The monoisotopic (exact) mass is 250 g/mol. The molecule has 0 fully saturated rings. The van der Waals surface area contributed by atoms with Gasteiger partial charge in [-0.15, -0.1) is 0 Å². The minimum atomic E-state index is -1.15. The second kappa shape index (κ2) is 4.61. The van der Waals surface area contributed by atoms with Crippen molar-refractivity contribution in [3.8, 4) is 0 Å². The molecule has 0 radical (unpaired) electrons. The fraction of sp³-hybridized carbons (Fsp3) is 0.286. The summed E-state index contributed by atoms with van der Waals surface area (Å²) >= 11 is 11.4. The van der Waals surface area contributed by atoms with Crippen molar-refractivity contribution in [1.29, 1.82) is 0 Å². The maximum absolute atomic E-state index is 10.5. The molecule has 0 aromatic carbocycles. The number of aliphatic carboxylic acids is 1. The molecule has 8 heteroatoms. The Morgan fingerprint density at radius 3 is 2.27 bits per heavy atom. The Labute approximate surface area is 95.2 Å². The van der Waals surface area contributed by atoms with E-state index in [1.165, 1.54) is 0 Å². The molecule has 1 unspecified atom stereocenters. The van der Waals surface area contributed by atoms with Crippen LogP contribution in [-0.2, 0) is 11.2 Å². The number of nitrogens with zero attached hydrogens (tertiary/aromatic N) is 2. The highest BCUT2D eigenvalue weighted by Crippen LogP contribution is 2.22. The fourth-order valence-electron chi connectivity index (χ4n) is 0.922. The smallest absolute Gasteiger partial charge is 0.320 e. The van der Waals surface area contributed by atoms with E-state index in [4.69, 9.17) is 39.8 Å². The number of carboxylic acid groups (broad SMARTS) is 1. The maximum atomic E-state index is 10.5. The van der Waals surface area contributed by atoms with Crippen molar-refractivity contribution in [1.82, 2.24) is 9.97 Å². The second-order valence-electron chi connectivity index (χ2n) is 2.79. The lowest BCUT2D eigenvalue weighted by molar-refractivity contribution is -0.138. The topological polar surface area (TPSA) is 115 Å². The number of hydrogen-bond acceptors (Lipinski definition) is 5. The van der Waals surface area contributed by atoms with Crippen LogP contribution >= 0.6 is 23.2 Å². The lowest BCUT2D eigenvalue weighted by atomic mass is 10.1. The first-order chi connectivity index (χ1) is 6.91. The number of nitrogens with two attached hydrogens (primary N) is 2. The number of hydrogen-bond donors (Lipinski definition) is 3. The van der Waals surface area contributed by atoms with Gasteiger partial charge in [-0.05, 0) is 0 Å². The zero-order chi connectivity index (χ0) is 11.6. The molecule has 0 amide bonds. The van der Waals surface area contributed by atoms with Crippen LogP contribution in [0.1, 0.15) is 5.56 Å². The van der Waals surface area contributed by atoms with Crippen LogP contribution < -0.4 is 11.5 Å². The van der Waals surface area contributed by atoms with Gasteiger partial charge in [0.1, 0.15) is 16.3 Å². The van der Waals surface area contributed by atoms with Crippen LogP contribution in [0.4, 0.5) is 5.95 Å². The summed E-state index contributed by atoms with van der Waals surface area (Å²) in [6.45, 7) is 0. The lowest BCUT2D eigenvalue weighted by Gasteiger charge is -2.09. The molecule has 0 saturated carbocycles. The number of nitrogen functional groups attached to an aromatic ring is 1. The molecule has 0 aliphatic heterocycles. The summed E-state index contributed by atoms with van der Waals surface area (Å²) < 4.78 is 0. The SMILES string of the molecule is Nc1nc(Cl)c(CC(N)C(=O)O)c(Cl)n1. The number of rotatable bonds is 3. The second-order valence-corrected chi connectivity index (χ2v) is 3.51. The summed E-state index contributed by atoms with van der Waals surface area (Å²) in [7, 11) is 0. The Hall–Kier alpha value is -1.11. The van der Waals surface area contributed by atoms with Gasteiger partial charge >= 0.3 is 5.97 Å². The average Bonchev–Trinajstić information content (AvgIpc) is 2.10. The molecular formula is C7H8Cl2N4O2. The van der Waals surface area contributed by atoms with Crippen molar-refractivity contribution in [2.24, 2.45) is 5.73 Å². The van der Waals surface area contributed by atoms with Gasteiger partial charge in [0.2, 0.25) is 5.95 Å². The first kappa shape index (κ1) is 12.0. The van der Waals surface area contributed by atoms with Crippen LogP contribution in [0.3, 0.4) is 0 Å². The molecule has 82 valence electrons. The molecule has 6 nitrogen and oxygen atoms in total. The van der Waals surface area contributed by atoms with Crippen LogP contribution in [0.25, 0.3) is 0 Å². The quantitative estimate of drug-likeness (QED) is 0.666. The van der Waals surface area contributed by atoms with Crippen molar-refractivity contribution in [2.45, 2.75) is 12.5 Å². The number of carboxylic acids is 1. The van der Waals surface area contributed by atoms with Gasteiger partial charge < -0.3 is 16.6 Å². The first-order valence-electron chi connectivity index (χ1n) is 3.87. The molecule has 0 bridgehead atoms. The molecule has 1 atom stereocenters. The summed E-state index contributed by atoms with van der Waals surface area (Å²) in [6.07, 6.45) is -0.0483. The maximum Gasteiger partial charge on any atom is 0.320 e. The third kappa shape index (κ3) is 2.92. The van der Waals surface area contributed by atoms with Gasteiger partial charge in [0.15, 0.2) is 0 Å². The number of aromatic nitrogens is 2. The van der Waals surface area contributed by atoms with Gasteiger partial charge in [0, 0.05) is 12.0 Å². The molecule has 1 aromatic heterocycles. The van der Waals surface area contributed by atoms with Gasteiger partial charge in [-0.2, -0.15) is 0 Å². The Morgan fingerprint density at radius 2 is 1.87 bits per heavy atom. The van der Waals surface area contributed by atoms with E-state index in [2.05, 4.69) is 9.97 Å². The zero-order valence-electron chi connectivity index (χ0n) is 7.44. The van der Waals surface area contributed by atoms with Gasteiger partial charge in [-0.1, -0.05) is 23.2 Å². The molecule has 0 spiro atoms. The van der Waals surface area contributed by atoms with Crippen LogP contribution in [0.15, 0.2) is 0 Å². The summed E-state index contributed by atoms with van der Waals surface area (Å²) in [5.41, 5.74) is 10.9. The van der Waals surface area contributed by atoms with Crippen LogP contribution in [0.2, 0.25) is 10.3 Å². The van der Waals surface area contributed by atoms with Crippen LogP contribution in [0, 0.1) is 0 Å². The van der Waals surface area contributed by atoms with E-state index in [0.29, 0.717) is 0 Å². The molecule has 1 heterocycles. The van der Waals surface area contributed by atoms with Gasteiger partial charge in [-0.3, -0.25) is 4.79 Å². The highest BCUT2D eigenvalue weighted by molar-refractivity contribution is 6.34. The minimum Gasteiger partial charge on any atom is -0.480 e. The Balaban J connectivity index is 3.00. The van der Waals surface area contributed by atoms with Crippen molar-refractivity contribution in [3.63, 3.8) is 0 Å². The Morgan fingerprint density at radius 1 is 1.40 bits per heavy atom. The first-order valence-corrected chi connectivity index (χ1v) is 4.63. The van der Waals surface area contributed by atoms with E-state index in [9.17, 15) is 4.79 Å². The van der Waals surface area contributed by atoms with Crippen LogP contribution in [-0.4, -0.2) is 27.1 Å². The van der Waals surface area contributed by atoms with Crippen molar-refractivity contribution in [2.75, 3.05) is 5.73 Å². The molecule has 0 saturated heterocycles. The van der Waals surface area contributed by atoms with E-state index >= 15 is 0 Å². The Bertz CT molecular complexity index is 376. The van der Waals surface area contributed by atoms with E-state index in [0.717, 1.165) is 0 Å². The normalized spacial score (nSPS) is 12.5. The molecule has 0 aliphatic carbocycles. The summed E-state index contributed by atoms with van der Waals surface area (Å²) in [6, 6.07) is -1.10. The highest BCUT2D eigenvalue weighted by atomic mass is 35.5.